The van der Waals surface area contributed by atoms with E-state index in [2.05, 4.69) is 43.5 Å². The van der Waals surface area contributed by atoms with Crippen LogP contribution in [0, 0.1) is 0 Å². The van der Waals surface area contributed by atoms with Crippen LogP contribution in [0.4, 0.5) is 0 Å². The third-order valence-electron chi connectivity index (χ3n) is 20.7. The van der Waals surface area contributed by atoms with Gasteiger partial charge in [-0.2, -0.15) is 0 Å². The second-order valence-corrected chi connectivity index (χ2v) is 30.2. The summed E-state index contributed by atoms with van der Waals surface area (Å²) in [5, 5.41) is 23.3. The minimum atomic E-state index is -0.844. The number of ether oxygens (including phenoxy) is 1. The summed E-state index contributed by atoms with van der Waals surface area (Å²) in [5.41, 5.74) is 0. The predicted octanol–water partition coefficient (Wildman–Crippen LogP) is 29.3. The van der Waals surface area contributed by atoms with E-state index in [0.717, 1.165) is 44.9 Å². The Hall–Kier alpha value is -1.92. The first kappa shape index (κ1) is 93.1. The molecular formula is C89H171NO5. The van der Waals surface area contributed by atoms with Crippen molar-refractivity contribution in [3.63, 3.8) is 0 Å². The Morgan fingerprint density at radius 1 is 0.295 bits per heavy atom. The molecule has 2 atom stereocenters. The van der Waals surface area contributed by atoms with Crippen molar-refractivity contribution < 1.29 is 24.5 Å². The van der Waals surface area contributed by atoms with Crippen LogP contribution in [0.5, 0.6) is 0 Å². The van der Waals surface area contributed by atoms with Gasteiger partial charge in [0.1, 0.15) is 0 Å². The molecule has 6 nitrogen and oxygen atoms in total. The molecule has 6 heteroatoms. The number of nitrogens with one attached hydrogen (secondary N) is 1. The normalized spacial score (nSPS) is 12.6. The Kier molecular flexibility index (Phi) is 82.8. The van der Waals surface area contributed by atoms with Gasteiger partial charge in [-0.15, -0.1) is 0 Å². The van der Waals surface area contributed by atoms with Crippen LogP contribution in [0.3, 0.4) is 0 Å². The molecule has 0 aromatic heterocycles. The fourth-order valence-corrected chi connectivity index (χ4v) is 14.0. The number of hydrogen-bond donors (Lipinski definition) is 3. The summed E-state index contributed by atoms with van der Waals surface area (Å²) in [4.78, 5) is 24.7. The number of allylic oxidation sites excluding steroid dienone is 5. The Morgan fingerprint density at radius 2 is 0.526 bits per heavy atom. The first-order valence-electron chi connectivity index (χ1n) is 43.8. The second kappa shape index (κ2) is 84.5. The van der Waals surface area contributed by atoms with Gasteiger partial charge >= 0.3 is 5.97 Å². The van der Waals surface area contributed by atoms with Gasteiger partial charge in [-0.1, -0.05) is 455 Å². The lowest BCUT2D eigenvalue weighted by atomic mass is 10.0. The van der Waals surface area contributed by atoms with Gasteiger partial charge in [-0.05, 0) is 64.2 Å². The highest BCUT2D eigenvalue weighted by atomic mass is 16.5. The monoisotopic (exact) mass is 1330 g/mol. The van der Waals surface area contributed by atoms with E-state index in [-0.39, 0.29) is 18.5 Å². The molecule has 1 amide bonds. The van der Waals surface area contributed by atoms with Crippen molar-refractivity contribution >= 4 is 11.9 Å². The number of aliphatic hydroxyl groups excluding tert-OH is 2. The number of amides is 1. The van der Waals surface area contributed by atoms with Crippen LogP contribution in [-0.4, -0.2) is 47.4 Å². The molecule has 0 bridgehead atoms. The molecule has 0 aromatic carbocycles. The molecule has 0 heterocycles. The molecule has 0 fully saturated rings. The molecule has 562 valence electrons. The summed E-state index contributed by atoms with van der Waals surface area (Å²) < 4.78 is 5.53. The van der Waals surface area contributed by atoms with Crippen LogP contribution in [0.2, 0.25) is 0 Å². The van der Waals surface area contributed by atoms with Crippen LogP contribution in [0.1, 0.15) is 495 Å². The average Bonchev–Trinajstić information content (AvgIpc) is 2.90. The molecule has 0 aliphatic heterocycles. The number of esters is 1. The van der Waals surface area contributed by atoms with Crippen molar-refractivity contribution in [2.75, 3.05) is 13.2 Å². The third-order valence-corrected chi connectivity index (χ3v) is 20.7. The molecule has 0 saturated carbocycles. The van der Waals surface area contributed by atoms with Gasteiger partial charge in [-0.25, -0.2) is 0 Å². The van der Waals surface area contributed by atoms with Crippen LogP contribution < -0.4 is 5.32 Å². The highest BCUT2D eigenvalue weighted by molar-refractivity contribution is 5.76. The molecule has 3 N–H and O–H groups in total. The summed E-state index contributed by atoms with van der Waals surface area (Å²) in [6, 6.07) is -0.627. The van der Waals surface area contributed by atoms with Gasteiger partial charge in [0, 0.05) is 12.8 Å². The van der Waals surface area contributed by atoms with E-state index in [1.165, 1.54) is 424 Å². The van der Waals surface area contributed by atoms with E-state index in [1.54, 1.807) is 6.08 Å². The van der Waals surface area contributed by atoms with Crippen LogP contribution in [-0.2, 0) is 14.3 Å². The molecular weight excluding hydrogens is 1160 g/mol. The average molecular weight is 1340 g/mol. The highest BCUT2D eigenvalue weighted by Crippen LogP contribution is 2.21. The van der Waals surface area contributed by atoms with Crippen LogP contribution in [0.15, 0.2) is 36.5 Å². The summed E-state index contributed by atoms with van der Waals surface area (Å²) >= 11 is 0. The van der Waals surface area contributed by atoms with Gasteiger partial charge < -0.3 is 20.3 Å². The summed E-state index contributed by atoms with van der Waals surface area (Å²) in [6.07, 6.45) is 112. The largest absolute Gasteiger partial charge is 0.466 e. The number of carbonyl (C=O) groups is 2. The maximum atomic E-state index is 12.5. The molecule has 0 aliphatic rings. The molecule has 95 heavy (non-hydrogen) atoms. The summed E-state index contributed by atoms with van der Waals surface area (Å²) in [6.45, 7) is 4.97. The Balaban J connectivity index is 3.35. The lowest BCUT2D eigenvalue weighted by Gasteiger charge is -2.20. The summed E-state index contributed by atoms with van der Waals surface area (Å²) in [7, 11) is 0. The SMILES string of the molecule is CCCCCCCCCCCCCCCCCCCC/C=C/C(O)C(CO)NC(=O)CCCCCCCCCCCCCCCCCCC/C=C\C/C=C\CCCCCCCCCCCCCCCCCOC(=O)CCCCCCCCCCCCCCCCCCCCC. The molecule has 2 unspecified atom stereocenters. The quantitative estimate of drug-likeness (QED) is 0.0320. The van der Waals surface area contributed by atoms with Crippen LogP contribution in [0.25, 0.3) is 0 Å². The highest BCUT2D eigenvalue weighted by Gasteiger charge is 2.18. The maximum Gasteiger partial charge on any atom is 0.305 e. The Labute approximate surface area is 595 Å². The predicted molar refractivity (Wildman–Crippen MR) is 421 cm³/mol. The summed E-state index contributed by atoms with van der Waals surface area (Å²) in [5.74, 6) is -0.0342. The minimum Gasteiger partial charge on any atom is -0.466 e. The lowest BCUT2D eigenvalue weighted by molar-refractivity contribution is -0.143. The Bertz CT molecular complexity index is 1540. The number of carbonyl (C=O) groups excluding carboxylic acids is 2. The first-order valence-corrected chi connectivity index (χ1v) is 43.8. The van der Waals surface area contributed by atoms with E-state index in [1.807, 2.05) is 6.08 Å². The molecule has 0 rings (SSSR count). The molecule has 0 aliphatic carbocycles. The second-order valence-electron chi connectivity index (χ2n) is 30.2. The van der Waals surface area contributed by atoms with Gasteiger partial charge in [0.05, 0.1) is 25.4 Å². The van der Waals surface area contributed by atoms with Gasteiger partial charge in [0.15, 0.2) is 0 Å². The topological polar surface area (TPSA) is 95.9 Å². The first-order chi connectivity index (χ1) is 47.0. The molecule has 0 spiro atoms. The smallest absolute Gasteiger partial charge is 0.305 e. The number of aliphatic hydroxyl groups is 2. The van der Waals surface area contributed by atoms with Gasteiger partial charge in [-0.3, -0.25) is 9.59 Å². The zero-order chi connectivity index (χ0) is 68.4. The fourth-order valence-electron chi connectivity index (χ4n) is 14.0. The van der Waals surface area contributed by atoms with E-state index >= 15 is 0 Å². The van der Waals surface area contributed by atoms with Gasteiger partial charge in [0.2, 0.25) is 5.91 Å². The zero-order valence-corrected chi connectivity index (χ0v) is 64.7. The Morgan fingerprint density at radius 3 is 0.800 bits per heavy atom. The lowest BCUT2D eigenvalue weighted by Crippen LogP contribution is -2.45. The van der Waals surface area contributed by atoms with Crippen molar-refractivity contribution in [3.05, 3.63) is 36.5 Å². The maximum absolute atomic E-state index is 12.5. The van der Waals surface area contributed by atoms with Crippen molar-refractivity contribution in [2.45, 2.75) is 508 Å². The molecule has 0 aromatic rings. The van der Waals surface area contributed by atoms with E-state index < -0.39 is 12.1 Å². The third kappa shape index (κ3) is 80.9. The van der Waals surface area contributed by atoms with E-state index in [9.17, 15) is 19.8 Å². The molecule has 0 saturated heterocycles. The van der Waals surface area contributed by atoms with Crippen molar-refractivity contribution in [1.82, 2.24) is 5.32 Å². The van der Waals surface area contributed by atoms with E-state index in [4.69, 9.17) is 4.74 Å². The number of unbranched alkanes of at least 4 members (excludes halogenated alkanes) is 68. The number of hydrogen-bond acceptors (Lipinski definition) is 5. The van der Waals surface area contributed by atoms with Crippen molar-refractivity contribution in [3.8, 4) is 0 Å². The van der Waals surface area contributed by atoms with E-state index in [0.29, 0.717) is 19.4 Å². The van der Waals surface area contributed by atoms with Crippen molar-refractivity contribution in [1.29, 1.82) is 0 Å². The number of rotatable bonds is 83. The molecule has 0 radical (unpaired) electrons. The van der Waals surface area contributed by atoms with Crippen LogP contribution >= 0.6 is 0 Å². The standard InChI is InChI=1S/C89H171NO5/c1-3-5-7-9-11-13-15-17-19-21-23-46-49-53-57-61-65-69-73-77-81-87(92)86(85-91)90-88(93)82-78-74-70-66-62-58-54-50-47-43-41-39-37-35-33-31-29-27-25-24-26-28-30-32-34-36-38-40-42-44-48-52-56-60-64-68-72-76-80-84-95-89(94)83-79-75-71-67-63-59-55-51-45-22-20-18-16-14-12-10-8-6-4-2/h24-25,28,30,77,81,86-87,91-92H,3-23,26-27,29,31-76,78-80,82-85H2,1-2H3,(H,90,93)/b25-24-,30-28-,81-77+. The van der Waals surface area contributed by atoms with Gasteiger partial charge in [0.25, 0.3) is 0 Å². The minimum absolute atomic E-state index is 0.0260. The fraction of sp³-hybridized carbons (Fsp3) is 0.910. The zero-order valence-electron chi connectivity index (χ0n) is 64.7. The van der Waals surface area contributed by atoms with Crippen molar-refractivity contribution in [2.24, 2.45) is 0 Å².